The third-order valence-corrected chi connectivity index (χ3v) is 4.83. The second kappa shape index (κ2) is 4.80. The molecule has 3 atom stereocenters. The molecule has 3 unspecified atom stereocenters. The molecule has 2 heterocycles. The maximum atomic E-state index is 10.8. The molecule has 0 amide bonds. The highest BCUT2D eigenvalue weighted by Crippen LogP contribution is 2.41. The minimum absolute atomic E-state index is 0.202. The Morgan fingerprint density at radius 1 is 1.32 bits per heavy atom. The first-order valence-corrected chi connectivity index (χ1v) is 7.20. The summed E-state index contributed by atoms with van der Waals surface area (Å²) < 4.78 is 5.20. The molecule has 0 aromatic heterocycles. The van der Waals surface area contributed by atoms with Gasteiger partial charge < -0.3 is 9.84 Å². The lowest BCUT2D eigenvalue weighted by atomic mass is 9.75. The fourth-order valence-electron chi connectivity index (χ4n) is 3.72. The molecular formula is C16H23NO2. The molecular weight excluding hydrogens is 238 g/mol. The summed E-state index contributed by atoms with van der Waals surface area (Å²) in [4.78, 5) is 2.55. The summed E-state index contributed by atoms with van der Waals surface area (Å²) in [6, 6.07) is 8.75. The highest BCUT2D eigenvalue weighted by atomic mass is 16.5. The minimum Gasteiger partial charge on any atom is -0.497 e. The molecule has 0 bridgehead atoms. The molecule has 0 aliphatic carbocycles. The Morgan fingerprint density at radius 3 is 2.74 bits per heavy atom. The van der Waals surface area contributed by atoms with E-state index in [0.717, 1.165) is 18.7 Å². The SMILES string of the molecule is COc1ccc(C2CN3CCCC3CC2(C)O)cc1. The first-order valence-electron chi connectivity index (χ1n) is 7.20. The van der Waals surface area contributed by atoms with Gasteiger partial charge in [0.05, 0.1) is 12.7 Å². The van der Waals surface area contributed by atoms with E-state index in [9.17, 15) is 5.11 Å². The topological polar surface area (TPSA) is 32.7 Å². The first-order chi connectivity index (χ1) is 9.10. The van der Waals surface area contributed by atoms with E-state index in [0.29, 0.717) is 6.04 Å². The molecule has 104 valence electrons. The Hall–Kier alpha value is -1.06. The fraction of sp³-hybridized carbons (Fsp3) is 0.625. The van der Waals surface area contributed by atoms with E-state index in [1.807, 2.05) is 19.1 Å². The van der Waals surface area contributed by atoms with Crippen molar-refractivity contribution in [1.82, 2.24) is 4.90 Å². The zero-order valence-corrected chi connectivity index (χ0v) is 11.8. The van der Waals surface area contributed by atoms with Crippen LogP contribution in [0.3, 0.4) is 0 Å². The van der Waals surface area contributed by atoms with Crippen molar-refractivity contribution in [2.45, 2.75) is 43.7 Å². The smallest absolute Gasteiger partial charge is 0.118 e. The second-order valence-corrected chi connectivity index (χ2v) is 6.18. The minimum atomic E-state index is -0.597. The number of aliphatic hydroxyl groups is 1. The lowest BCUT2D eigenvalue weighted by molar-refractivity contribution is -0.0414. The summed E-state index contributed by atoms with van der Waals surface area (Å²) in [5.74, 6) is 1.08. The van der Waals surface area contributed by atoms with Crippen LogP contribution in [-0.2, 0) is 0 Å². The van der Waals surface area contributed by atoms with Crippen molar-refractivity contribution in [2.75, 3.05) is 20.2 Å². The van der Waals surface area contributed by atoms with Crippen LogP contribution in [0, 0.1) is 0 Å². The molecule has 3 heteroatoms. The standard InChI is InChI=1S/C16H23NO2/c1-16(18)10-13-4-3-9-17(13)11-15(16)12-5-7-14(19-2)8-6-12/h5-8,13,15,18H,3-4,9-11H2,1-2H3. The predicted molar refractivity (Wildman–Crippen MR) is 75.6 cm³/mol. The van der Waals surface area contributed by atoms with Crippen LogP contribution in [0.25, 0.3) is 0 Å². The molecule has 3 rings (SSSR count). The molecule has 3 nitrogen and oxygen atoms in total. The number of hydrogen-bond donors (Lipinski definition) is 1. The number of piperidine rings is 1. The Labute approximate surface area is 115 Å². The lowest BCUT2D eigenvalue weighted by Crippen LogP contribution is -2.51. The third kappa shape index (κ3) is 2.37. The number of nitrogens with zero attached hydrogens (tertiary/aromatic N) is 1. The van der Waals surface area contributed by atoms with Gasteiger partial charge in [-0.2, -0.15) is 0 Å². The third-order valence-electron chi connectivity index (χ3n) is 4.83. The number of methoxy groups -OCH3 is 1. The molecule has 0 saturated carbocycles. The Balaban J connectivity index is 1.84. The molecule has 1 aromatic carbocycles. The van der Waals surface area contributed by atoms with Gasteiger partial charge in [0.1, 0.15) is 5.75 Å². The highest BCUT2D eigenvalue weighted by Gasteiger charge is 2.44. The highest BCUT2D eigenvalue weighted by molar-refractivity contribution is 5.32. The van der Waals surface area contributed by atoms with E-state index >= 15 is 0 Å². The number of fused-ring (bicyclic) bond motifs is 1. The van der Waals surface area contributed by atoms with Gasteiger partial charge in [-0.15, -0.1) is 0 Å². The summed E-state index contributed by atoms with van der Waals surface area (Å²) in [5, 5.41) is 10.8. The van der Waals surface area contributed by atoms with Gasteiger partial charge in [0.25, 0.3) is 0 Å². The number of hydrogen-bond acceptors (Lipinski definition) is 3. The summed E-state index contributed by atoms with van der Waals surface area (Å²) in [7, 11) is 1.68. The van der Waals surface area contributed by atoms with Crippen molar-refractivity contribution < 1.29 is 9.84 Å². The molecule has 2 aliphatic rings. The van der Waals surface area contributed by atoms with E-state index in [4.69, 9.17) is 4.74 Å². The van der Waals surface area contributed by atoms with Crippen LogP contribution in [0.5, 0.6) is 5.75 Å². The second-order valence-electron chi connectivity index (χ2n) is 6.18. The summed E-state index contributed by atoms with van der Waals surface area (Å²) >= 11 is 0. The number of rotatable bonds is 2. The lowest BCUT2D eigenvalue weighted by Gasteiger charge is -2.45. The van der Waals surface area contributed by atoms with Crippen molar-refractivity contribution in [3.63, 3.8) is 0 Å². The van der Waals surface area contributed by atoms with Crippen LogP contribution in [0.1, 0.15) is 37.7 Å². The Kier molecular flexibility index (Phi) is 3.27. The van der Waals surface area contributed by atoms with Gasteiger partial charge in [0.15, 0.2) is 0 Å². The zero-order valence-electron chi connectivity index (χ0n) is 11.8. The van der Waals surface area contributed by atoms with Crippen LogP contribution >= 0.6 is 0 Å². The zero-order chi connectivity index (χ0) is 13.5. The molecule has 1 N–H and O–H groups in total. The molecule has 2 aliphatic heterocycles. The van der Waals surface area contributed by atoms with Gasteiger partial charge in [0.2, 0.25) is 0 Å². The molecule has 1 aromatic rings. The fourth-order valence-corrected chi connectivity index (χ4v) is 3.72. The van der Waals surface area contributed by atoms with Crippen molar-refractivity contribution in [3.8, 4) is 5.75 Å². The molecule has 0 spiro atoms. The van der Waals surface area contributed by atoms with Crippen LogP contribution in [0.15, 0.2) is 24.3 Å². The van der Waals surface area contributed by atoms with Crippen molar-refractivity contribution in [3.05, 3.63) is 29.8 Å². The van der Waals surface area contributed by atoms with Crippen LogP contribution < -0.4 is 4.74 Å². The van der Waals surface area contributed by atoms with E-state index in [1.165, 1.54) is 24.9 Å². The Bertz CT molecular complexity index is 441. The van der Waals surface area contributed by atoms with E-state index in [-0.39, 0.29) is 5.92 Å². The molecule has 19 heavy (non-hydrogen) atoms. The largest absolute Gasteiger partial charge is 0.497 e. The monoisotopic (exact) mass is 261 g/mol. The normalized spacial score (nSPS) is 35.1. The van der Waals surface area contributed by atoms with Crippen LogP contribution in [-0.4, -0.2) is 41.8 Å². The van der Waals surface area contributed by atoms with E-state index < -0.39 is 5.60 Å². The predicted octanol–water partition coefficient (Wildman–Crippen LogP) is 2.40. The molecule has 2 saturated heterocycles. The first kappa shape index (κ1) is 12.9. The summed E-state index contributed by atoms with van der Waals surface area (Å²) in [5.41, 5.74) is 0.622. The average molecular weight is 261 g/mol. The van der Waals surface area contributed by atoms with Crippen molar-refractivity contribution >= 4 is 0 Å². The van der Waals surface area contributed by atoms with Gasteiger partial charge in [-0.25, -0.2) is 0 Å². The summed E-state index contributed by atoms with van der Waals surface area (Å²) in [6.07, 6.45) is 3.41. The Morgan fingerprint density at radius 2 is 2.05 bits per heavy atom. The van der Waals surface area contributed by atoms with Gasteiger partial charge in [0, 0.05) is 18.5 Å². The van der Waals surface area contributed by atoms with Gasteiger partial charge in [-0.05, 0) is 50.4 Å². The van der Waals surface area contributed by atoms with Gasteiger partial charge >= 0.3 is 0 Å². The molecule has 0 radical (unpaired) electrons. The number of ether oxygens (including phenoxy) is 1. The van der Waals surface area contributed by atoms with Crippen LogP contribution in [0.4, 0.5) is 0 Å². The average Bonchev–Trinajstić information content (AvgIpc) is 2.83. The van der Waals surface area contributed by atoms with E-state index in [2.05, 4.69) is 17.0 Å². The van der Waals surface area contributed by atoms with Gasteiger partial charge in [-0.3, -0.25) is 4.90 Å². The molecule has 2 fully saturated rings. The number of benzene rings is 1. The maximum absolute atomic E-state index is 10.8. The quantitative estimate of drug-likeness (QED) is 0.887. The maximum Gasteiger partial charge on any atom is 0.118 e. The van der Waals surface area contributed by atoms with Crippen molar-refractivity contribution in [2.24, 2.45) is 0 Å². The van der Waals surface area contributed by atoms with Gasteiger partial charge in [-0.1, -0.05) is 12.1 Å². The van der Waals surface area contributed by atoms with Crippen molar-refractivity contribution in [1.29, 1.82) is 0 Å². The van der Waals surface area contributed by atoms with E-state index in [1.54, 1.807) is 7.11 Å². The summed E-state index contributed by atoms with van der Waals surface area (Å²) in [6.45, 7) is 4.16. The van der Waals surface area contributed by atoms with Crippen LogP contribution in [0.2, 0.25) is 0 Å².